The Kier molecular flexibility index (Phi) is 26.7. The first-order valence-electron chi connectivity index (χ1n) is 16.8. The lowest BCUT2D eigenvalue weighted by molar-refractivity contribution is -0.138. The maximum Gasteiger partial charge on any atom is 0.303 e. The average molecular weight is 539 g/mol. The van der Waals surface area contributed by atoms with Gasteiger partial charge in [-0.05, 0) is 37.5 Å². The van der Waals surface area contributed by atoms with E-state index in [1.54, 1.807) is 0 Å². The van der Waals surface area contributed by atoms with Crippen LogP contribution in [0.1, 0.15) is 200 Å². The molecule has 4 nitrogen and oxygen atoms in total. The first kappa shape index (κ1) is 36.9. The van der Waals surface area contributed by atoms with Crippen molar-refractivity contribution in [3.8, 4) is 0 Å². The molecule has 0 saturated carbocycles. The van der Waals surface area contributed by atoms with E-state index in [1.807, 2.05) is 0 Å². The van der Waals surface area contributed by atoms with E-state index in [9.17, 15) is 9.59 Å². The van der Waals surface area contributed by atoms with Gasteiger partial charge in [0.15, 0.2) is 0 Å². The maximum absolute atomic E-state index is 10.6. The highest BCUT2D eigenvalue weighted by atomic mass is 16.4. The van der Waals surface area contributed by atoms with Gasteiger partial charge in [-0.15, -0.1) is 0 Å². The van der Waals surface area contributed by atoms with Crippen molar-refractivity contribution in [2.24, 2.45) is 5.41 Å². The highest BCUT2D eigenvalue weighted by Gasteiger charge is 2.22. The Morgan fingerprint density at radius 1 is 0.421 bits per heavy atom. The topological polar surface area (TPSA) is 74.6 Å². The molecule has 1 unspecified atom stereocenters. The fourth-order valence-corrected chi connectivity index (χ4v) is 5.84. The molecule has 0 aliphatic heterocycles. The quantitative estimate of drug-likeness (QED) is 0.0860. The smallest absolute Gasteiger partial charge is 0.303 e. The summed E-state index contributed by atoms with van der Waals surface area (Å²) in [6.07, 6.45) is 35.5. The number of unbranched alkanes of at least 4 members (excludes halogenated alkanes) is 21. The van der Waals surface area contributed by atoms with E-state index in [-0.39, 0.29) is 0 Å². The van der Waals surface area contributed by atoms with Gasteiger partial charge in [0, 0.05) is 12.8 Å². The van der Waals surface area contributed by atoms with Crippen molar-refractivity contribution in [2.45, 2.75) is 200 Å². The second-order valence-corrected chi connectivity index (χ2v) is 12.5. The van der Waals surface area contributed by atoms with Crippen molar-refractivity contribution in [1.82, 2.24) is 0 Å². The van der Waals surface area contributed by atoms with Crippen LogP contribution >= 0.6 is 0 Å². The summed E-state index contributed by atoms with van der Waals surface area (Å²) in [6, 6.07) is 0. The number of hydrogen-bond donors (Lipinski definition) is 2. The molecule has 0 aromatic carbocycles. The van der Waals surface area contributed by atoms with Gasteiger partial charge in [0.05, 0.1) is 0 Å². The van der Waals surface area contributed by atoms with Crippen LogP contribution < -0.4 is 0 Å². The fourth-order valence-electron chi connectivity index (χ4n) is 5.84. The number of rotatable bonds is 31. The molecular weight excluding hydrogens is 472 g/mol. The Morgan fingerprint density at radius 3 is 0.921 bits per heavy atom. The van der Waals surface area contributed by atoms with Crippen molar-refractivity contribution in [2.75, 3.05) is 0 Å². The summed E-state index contributed by atoms with van der Waals surface area (Å²) < 4.78 is 0. The molecule has 0 spiro atoms. The standard InChI is InChI=1S/C34H66O4/c1-3-4-5-19-24-29-34(2,31-26-21-16-12-14-18-23-28-33(37)38)30-25-20-15-11-9-7-6-8-10-13-17-22-27-32(35)36/h3-31H2,1-2H3,(H,35,36)(H,37,38). The van der Waals surface area contributed by atoms with Gasteiger partial charge < -0.3 is 10.2 Å². The van der Waals surface area contributed by atoms with Gasteiger partial charge in [-0.2, -0.15) is 0 Å². The van der Waals surface area contributed by atoms with E-state index in [2.05, 4.69) is 13.8 Å². The van der Waals surface area contributed by atoms with Gasteiger partial charge in [-0.1, -0.05) is 155 Å². The van der Waals surface area contributed by atoms with Gasteiger partial charge in [0.1, 0.15) is 0 Å². The number of carbonyl (C=O) groups is 2. The Bertz CT molecular complexity index is 533. The summed E-state index contributed by atoms with van der Waals surface area (Å²) in [5, 5.41) is 17.4. The number of aliphatic carboxylic acids is 2. The van der Waals surface area contributed by atoms with Crippen LogP contribution in [0.25, 0.3) is 0 Å². The number of carboxylic acid groups (broad SMARTS) is 2. The third-order valence-corrected chi connectivity index (χ3v) is 8.48. The Balaban J connectivity index is 3.89. The van der Waals surface area contributed by atoms with Crippen LogP contribution in [-0.4, -0.2) is 22.2 Å². The van der Waals surface area contributed by atoms with Gasteiger partial charge in [-0.25, -0.2) is 0 Å². The third kappa shape index (κ3) is 28.0. The second-order valence-electron chi connectivity index (χ2n) is 12.5. The lowest BCUT2D eigenvalue weighted by atomic mass is 9.75. The lowest BCUT2D eigenvalue weighted by Gasteiger charge is -2.30. The van der Waals surface area contributed by atoms with Gasteiger partial charge in [0.2, 0.25) is 0 Å². The molecule has 0 aliphatic rings. The van der Waals surface area contributed by atoms with E-state index < -0.39 is 11.9 Å². The molecule has 0 amide bonds. The van der Waals surface area contributed by atoms with Crippen LogP contribution in [0, 0.1) is 5.41 Å². The molecule has 2 N–H and O–H groups in total. The van der Waals surface area contributed by atoms with E-state index in [0.29, 0.717) is 18.3 Å². The zero-order valence-corrected chi connectivity index (χ0v) is 25.7. The molecule has 0 aromatic rings. The van der Waals surface area contributed by atoms with Gasteiger partial charge in [-0.3, -0.25) is 9.59 Å². The normalized spacial score (nSPS) is 13.0. The van der Waals surface area contributed by atoms with E-state index >= 15 is 0 Å². The van der Waals surface area contributed by atoms with E-state index in [1.165, 1.54) is 148 Å². The first-order chi connectivity index (χ1) is 18.4. The zero-order valence-electron chi connectivity index (χ0n) is 25.7. The Morgan fingerprint density at radius 2 is 0.658 bits per heavy atom. The second kappa shape index (κ2) is 27.5. The van der Waals surface area contributed by atoms with Crippen molar-refractivity contribution < 1.29 is 19.8 Å². The molecule has 0 radical (unpaired) electrons. The molecule has 0 saturated heterocycles. The minimum absolute atomic E-state index is 0.329. The molecule has 226 valence electrons. The monoisotopic (exact) mass is 538 g/mol. The molecule has 0 fully saturated rings. The molecule has 0 aromatic heterocycles. The van der Waals surface area contributed by atoms with E-state index in [4.69, 9.17) is 10.2 Å². The molecular formula is C34H66O4. The van der Waals surface area contributed by atoms with Crippen molar-refractivity contribution in [1.29, 1.82) is 0 Å². The summed E-state index contributed by atoms with van der Waals surface area (Å²) in [5.74, 6) is -1.32. The van der Waals surface area contributed by atoms with Crippen LogP contribution in [0.4, 0.5) is 0 Å². The fraction of sp³-hybridized carbons (Fsp3) is 0.941. The predicted molar refractivity (Wildman–Crippen MR) is 163 cm³/mol. The average Bonchev–Trinajstić information content (AvgIpc) is 2.87. The van der Waals surface area contributed by atoms with Crippen LogP contribution in [0.5, 0.6) is 0 Å². The minimum Gasteiger partial charge on any atom is -0.481 e. The zero-order chi connectivity index (χ0) is 28.2. The molecule has 1 atom stereocenters. The minimum atomic E-state index is -0.660. The SMILES string of the molecule is CCCCCCCC(C)(CCCCCCCCCCCCCCC(=O)O)CCCCCCCCCC(=O)O. The van der Waals surface area contributed by atoms with Crippen molar-refractivity contribution in [3.63, 3.8) is 0 Å². The summed E-state index contributed by atoms with van der Waals surface area (Å²) in [6.45, 7) is 4.87. The van der Waals surface area contributed by atoms with E-state index in [0.717, 1.165) is 25.7 Å². The van der Waals surface area contributed by atoms with Crippen molar-refractivity contribution >= 4 is 11.9 Å². The van der Waals surface area contributed by atoms with Gasteiger partial charge in [0.25, 0.3) is 0 Å². The Hall–Kier alpha value is -1.06. The van der Waals surface area contributed by atoms with Crippen LogP contribution in [0.2, 0.25) is 0 Å². The molecule has 0 heterocycles. The highest BCUT2D eigenvalue weighted by molar-refractivity contribution is 5.66. The van der Waals surface area contributed by atoms with Crippen molar-refractivity contribution in [3.05, 3.63) is 0 Å². The third-order valence-electron chi connectivity index (χ3n) is 8.48. The molecule has 0 rings (SSSR count). The largest absolute Gasteiger partial charge is 0.481 e. The van der Waals surface area contributed by atoms with Crippen LogP contribution in [-0.2, 0) is 9.59 Å². The predicted octanol–water partition coefficient (Wildman–Crippen LogP) is 11.5. The maximum atomic E-state index is 10.6. The lowest BCUT2D eigenvalue weighted by Crippen LogP contribution is -2.16. The van der Waals surface area contributed by atoms with Crippen LogP contribution in [0.3, 0.4) is 0 Å². The molecule has 4 heteroatoms. The highest BCUT2D eigenvalue weighted by Crippen LogP contribution is 2.37. The van der Waals surface area contributed by atoms with Gasteiger partial charge >= 0.3 is 11.9 Å². The van der Waals surface area contributed by atoms with Crippen LogP contribution in [0.15, 0.2) is 0 Å². The Labute approximate surface area is 237 Å². The summed E-state index contributed by atoms with van der Waals surface area (Å²) in [4.78, 5) is 21.1. The molecule has 0 aliphatic carbocycles. The summed E-state index contributed by atoms with van der Waals surface area (Å²) in [7, 11) is 0. The summed E-state index contributed by atoms with van der Waals surface area (Å²) in [5.41, 5.74) is 0.526. The number of hydrogen-bond acceptors (Lipinski definition) is 2. The summed E-state index contributed by atoms with van der Waals surface area (Å²) >= 11 is 0. The first-order valence-corrected chi connectivity index (χ1v) is 16.8. The number of carboxylic acids is 2. The molecule has 0 bridgehead atoms. The molecule has 38 heavy (non-hydrogen) atoms.